The zero-order chi connectivity index (χ0) is 21.9. The Morgan fingerprint density at radius 1 is 0.750 bits per heavy atom. The summed E-state index contributed by atoms with van der Waals surface area (Å²) >= 11 is 3.66. The smallest absolute Gasteiger partial charge is 0.0781 e. The van der Waals surface area contributed by atoms with Gasteiger partial charge >= 0.3 is 0 Å². The maximum absolute atomic E-state index is 5.15. The number of hydrogen-bond donors (Lipinski definition) is 0. The number of halogens is 1. The van der Waals surface area contributed by atoms with Gasteiger partial charge in [-0.15, -0.1) is 0 Å². The molecule has 0 aliphatic heterocycles. The summed E-state index contributed by atoms with van der Waals surface area (Å²) in [6.45, 7) is 3.25. The number of fused-ring (bicyclic) bond motifs is 3. The highest BCUT2D eigenvalue weighted by Gasteiger charge is 2.13. The average Bonchev–Trinajstić information content (AvgIpc) is 3.14. The van der Waals surface area contributed by atoms with Crippen LogP contribution in [0.4, 0.5) is 5.69 Å². The number of hydrogen-bond acceptors (Lipinski definition) is 1. The van der Waals surface area contributed by atoms with E-state index in [-0.39, 0.29) is 0 Å². The van der Waals surface area contributed by atoms with Gasteiger partial charge in [0, 0.05) is 32.9 Å². The topological polar surface area (TPSA) is 17.3 Å². The summed E-state index contributed by atoms with van der Waals surface area (Å²) in [5.41, 5.74) is 6.72. The number of aliphatic imine (C=N–C) groups is 1. The Bertz CT molecular complexity index is 1360. The molecule has 3 heteroatoms. The van der Waals surface area contributed by atoms with E-state index in [0.717, 1.165) is 40.0 Å². The van der Waals surface area contributed by atoms with Crippen LogP contribution >= 0.6 is 15.9 Å². The summed E-state index contributed by atoms with van der Waals surface area (Å²) in [5.74, 6) is 0. The van der Waals surface area contributed by atoms with Gasteiger partial charge in [-0.1, -0.05) is 102 Å². The lowest BCUT2D eigenvalue weighted by atomic mass is 10.0. The standard InChI is InChI=1S/C29H25BrN2/c1-2-3-18-32-27-19-23(30)14-16-25(27)26-17-15-24(20-28(26)32)31-29(21-10-6-4-7-11-21)22-12-8-5-9-13-22/h4-17,19-20H,2-3,18H2,1H3. The van der Waals surface area contributed by atoms with Gasteiger partial charge in [0.05, 0.1) is 22.4 Å². The molecule has 1 heterocycles. The normalized spacial score (nSPS) is 11.2. The fourth-order valence-corrected chi connectivity index (χ4v) is 4.65. The molecule has 0 aliphatic rings. The van der Waals surface area contributed by atoms with E-state index in [2.05, 4.69) is 112 Å². The third kappa shape index (κ3) is 4.01. The van der Waals surface area contributed by atoms with Crippen molar-refractivity contribution in [3.05, 3.63) is 113 Å². The minimum atomic E-state index is 0.972. The highest BCUT2D eigenvalue weighted by Crippen LogP contribution is 2.34. The van der Waals surface area contributed by atoms with Crippen molar-refractivity contribution >= 4 is 49.1 Å². The monoisotopic (exact) mass is 480 g/mol. The lowest BCUT2D eigenvalue weighted by molar-refractivity contribution is 0.665. The summed E-state index contributed by atoms with van der Waals surface area (Å²) in [7, 11) is 0. The maximum atomic E-state index is 5.15. The molecule has 0 saturated carbocycles. The fraction of sp³-hybridized carbons (Fsp3) is 0.138. The molecule has 0 radical (unpaired) electrons. The summed E-state index contributed by atoms with van der Waals surface area (Å²) in [6, 6.07) is 34.0. The van der Waals surface area contributed by atoms with Crippen molar-refractivity contribution in [3.8, 4) is 0 Å². The first-order chi connectivity index (χ1) is 15.7. The van der Waals surface area contributed by atoms with Gasteiger partial charge in [0.1, 0.15) is 0 Å². The quantitative estimate of drug-likeness (QED) is 0.216. The molecule has 4 aromatic carbocycles. The van der Waals surface area contributed by atoms with Crippen molar-refractivity contribution in [2.75, 3.05) is 0 Å². The summed E-state index contributed by atoms with van der Waals surface area (Å²) < 4.78 is 3.56. The van der Waals surface area contributed by atoms with Crippen LogP contribution in [0.2, 0.25) is 0 Å². The van der Waals surface area contributed by atoms with Gasteiger partial charge in [-0.3, -0.25) is 0 Å². The largest absolute Gasteiger partial charge is 0.340 e. The molecule has 0 aliphatic carbocycles. The second kappa shape index (κ2) is 9.13. The Labute approximate surface area is 197 Å². The van der Waals surface area contributed by atoms with Crippen LogP contribution in [0.5, 0.6) is 0 Å². The van der Waals surface area contributed by atoms with Gasteiger partial charge in [-0.25, -0.2) is 4.99 Å². The van der Waals surface area contributed by atoms with Crippen molar-refractivity contribution in [2.45, 2.75) is 26.3 Å². The summed E-state index contributed by atoms with van der Waals surface area (Å²) in [5, 5.41) is 2.57. The molecule has 158 valence electrons. The molecule has 5 rings (SSSR count). The van der Waals surface area contributed by atoms with Crippen LogP contribution in [0.15, 0.2) is 107 Å². The molecule has 0 fully saturated rings. The Morgan fingerprint density at radius 3 is 1.97 bits per heavy atom. The maximum Gasteiger partial charge on any atom is 0.0781 e. The molecule has 0 amide bonds. The highest BCUT2D eigenvalue weighted by molar-refractivity contribution is 9.10. The van der Waals surface area contributed by atoms with E-state index in [9.17, 15) is 0 Å². The number of benzene rings is 4. The molecular formula is C29H25BrN2. The second-order valence-electron chi connectivity index (χ2n) is 8.06. The van der Waals surface area contributed by atoms with Gasteiger partial charge in [-0.2, -0.15) is 0 Å². The van der Waals surface area contributed by atoms with Crippen LogP contribution in [0.3, 0.4) is 0 Å². The van der Waals surface area contributed by atoms with E-state index in [1.807, 2.05) is 12.1 Å². The Kier molecular flexibility index (Phi) is 5.91. The van der Waals surface area contributed by atoms with E-state index in [1.54, 1.807) is 0 Å². The number of unbranched alkanes of at least 4 members (excludes halogenated alkanes) is 1. The van der Waals surface area contributed by atoms with Crippen molar-refractivity contribution in [1.82, 2.24) is 4.57 Å². The predicted octanol–water partition coefficient (Wildman–Crippen LogP) is 8.53. The predicted molar refractivity (Wildman–Crippen MR) is 140 cm³/mol. The number of aryl methyl sites for hydroxylation is 1. The van der Waals surface area contributed by atoms with Gasteiger partial charge in [0.15, 0.2) is 0 Å². The lowest BCUT2D eigenvalue weighted by Crippen LogP contribution is -2.02. The minimum absolute atomic E-state index is 0.972. The van der Waals surface area contributed by atoms with Crippen LogP contribution in [-0.4, -0.2) is 10.3 Å². The first-order valence-corrected chi connectivity index (χ1v) is 11.9. The van der Waals surface area contributed by atoms with Crippen LogP contribution < -0.4 is 0 Å². The number of aromatic nitrogens is 1. The van der Waals surface area contributed by atoms with E-state index in [1.165, 1.54) is 28.2 Å². The van der Waals surface area contributed by atoms with Crippen molar-refractivity contribution < 1.29 is 0 Å². The summed E-state index contributed by atoms with van der Waals surface area (Å²) in [6.07, 6.45) is 2.32. The van der Waals surface area contributed by atoms with Crippen LogP contribution in [-0.2, 0) is 6.54 Å². The minimum Gasteiger partial charge on any atom is -0.340 e. The van der Waals surface area contributed by atoms with Gasteiger partial charge in [0.25, 0.3) is 0 Å². The molecule has 0 saturated heterocycles. The van der Waals surface area contributed by atoms with E-state index in [4.69, 9.17) is 4.99 Å². The van der Waals surface area contributed by atoms with E-state index < -0.39 is 0 Å². The molecule has 0 bridgehead atoms. The highest BCUT2D eigenvalue weighted by atomic mass is 79.9. The zero-order valence-electron chi connectivity index (χ0n) is 18.1. The zero-order valence-corrected chi connectivity index (χ0v) is 19.7. The third-order valence-electron chi connectivity index (χ3n) is 5.88. The van der Waals surface area contributed by atoms with Gasteiger partial charge in [-0.05, 0) is 30.7 Å². The van der Waals surface area contributed by atoms with Crippen LogP contribution in [0.25, 0.3) is 21.8 Å². The van der Waals surface area contributed by atoms with Crippen LogP contribution in [0.1, 0.15) is 30.9 Å². The Hall–Kier alpha value is -3.17. The molecule has 0 atom stereocenters. The van der Waals surface area contributed by atoms with Gasteiger partial charge in [0.2, 0.25) is 0 Å². The fourth-order valence-electron chi connectivity index (χ4n) is 4.30. The molecule has 0 unspecified atom stereocenters. The Morgan fingerprint density at radius 2 is 1.34 bits per heavy atom. The second-order valence-corrected chi connectivity index (χ2v) is 8.98. The van der Waals surface area contributed by atoms with Crippen molar-refractivity contribution in [1.29, 1.82) is 0 Å². The van der Waals surface area contributed by atoms with Crippen LogP contribution in [0, 0.1) is 0 Å². The molecule has 0 spiro atoms. The van der Waals surface area contributed by atoms with E-state index >= 15 is 0 Å². The first kappa shape index (κ1) is 20.7. The average molecular weight is 481 g/mol. The molecule has 1 aromatic heterocycles. The number of rotatable bonds is 6. The number of nitrogens with zero attached hydrogens (tertiary/aromatic N) is 2. The lowest BCUT2D eigenvalue weighted by Gasteiger charge is -2.09. The van der Waals surface area contributed by atoms with Crippen molar-refractivity contribution in [2.24, 2.45) is 4.99 Å². The van der Waals surface area contributed by atoms with E-state index in [0.29, 0.717) is 0 Å². The molecule has 5 aromatic rings. The Balaban J connectivity index is 1.71. The first-order valence-electron chi connectivity index (χ1n) is 11.2. The molecular weight excluding hydrogens is 456 g/mol. The molecule has 0 N–H and O–H groups in total. The summed E-state index contributed by atoms with van der Waals surface area (Å²) in [4.78, 5) is 5.15. The van der Waals surface area contributed by atoms with Crippen molar-refractivity contribution in [3.63, 3.8) is 0 Å². The van der Waals surface area contributed by atoms with Gasteiger partial charge < -0.3 is 4.57 Å². The third-order valence-corrected chi connectivity index (χ3v) is 6.38. The molecule has 32 heavy (non-hydrogen) atoms. The SMILES string of the molecule is CCCCn1c2cc(Br)ccc2c2ccc(N=C(c3ccccc3)c3ccccc3)cc21. The molecule has 2 nitrogen and oxygen atoms in total.